The number of ether oxygens (including phenoxy) is 1. The van der Waals surface area contributed by atoms with Crippen molar-refractivity contribution in [2.24, 2.45) is 0 Å². The van der Waals surface area contributed by atoms with E-state index in [1.165, 1.54) is 6.07 Å². The van der Waals surface area contributed by atoms with Crippen molar-refractivity contribution in [2.75, 3.05) is 19.0 Å². The molecule has 19 heavy (non-hydrogen) atoms. The van der Waals surface area contributed by atoms with Crippen LogP contribution in [0.4, 0.5) is 10.5 Å². The molecule has 0 radical (unpaired) electrons. The third-order valence-electron chi connectivity index (χ3n) is 2.45. The van der Waals surface area contributed by atoms with E-state index in [1.54, 1.807) is 33.1 Å². The van der Waals surface area contributed by atoms with Crippen molar-refractivity contribution in [1.82, 2.24) is 5.32 Å². The van der Waals surface area contributed by atoms with Crippen molar-refractivity contribution < 1.29 is 19.4 Å². The van der Waals surface area contributed by atoms with Crippen LogP contribution in [-0.2, 0) is 4.74 Å². The minimum absolute atomic E-state index is 0.0644. The number of hydrogen-bond donors (Lipinski definition) is 3. The van der Waals surface area contributed by atoms with Crippen molar-refractivity contribution in [2.45, 2.75) is 19.9 Å². The number of aryl methyl sites for hydroxylation is 1. The van der Waals surface area contributed by atoms with Gasteiger partial charge in [-0.05, 0) is 26.0 Å². The monoisotopic (exact) mass is 266 g/mol. The van der Waals surface area contributed by atoms with Gasteiger partial charge in [0.2, 0.25) is 0 Å². The number of hydrogen-bond acceptors (Lipinski definition) is 3. The summed E-state index contributed by atoms with van der Waals surface area (Å²) < 4.78 is 4.90. The molecule has 0 spiro atoms. The van der Waals surface area contributed by atoms with Crippen molar-refractivity contribution in [3.05, 3.63) is 29.3 Å². The Morgan fingerprint density at radius 3 is 2.68 bits per heavy atom. The highest BCUT2D eigenvalue weighted by atomic mass is 16.5. The molecule has 0 aliphatic heterocycles. The van der Waals surface area contributed by atoms with Crippen LogP contribution in [0.1, 0.15) is 22.8 Å². The maximum absolute atomic E-state index is 11.7. The molecule has 3 N–H and O–H groups in total. The number of carboxylic acids is 1. The molecule has 0 bridgehead atoms. The molecule has 6 nitrogen and oxygen atoms in total. The van der Waals surface area contributed by atoms with E-state index in [9.17, 15) is 9.59 Å². The number of rotatable bonds is 5. The quantitative estimate of drug-likeness (QED) is 0.759. The Balaban J connectivity index is 2.76. The van der Waals surface area contributed by atoms with Crippen LogP contribution in [0, 0.1) is 6.92 Å². The van der Waals surface area contributed by atoms with Gasteiger partial charge < -0.3 is 20.5 Å². The Morgan fingerprint density at radius 2 is 2.11 bits per heavy atom. The summed E-state index contributed by atoms with van der Waals surface area (Å²) in [5, 5.41) is 14.2. The van der Waals surface area contributed by atoms with E-state index in [-0.39, 0.29) is 17.3 Å². The number of carboxylic acid groups (broad SMARTS) is 1. The van der Waals surface area contributed by atoms with E-state index >= 15 is 0 Å². The SMILES string of the molecule is COCC(C)NC(=O)Nc1ccc(C)cc1C(=O)O. The van der Waals surface area contributed by atoms with Crippen LogP contribution < -0.4 is 10.6 Å². The zero-order valence-corrected chi connectivity index (χ0v) is 11.2. The molecule has 0 aliphatic rings. The lowest BCUT2D eigenvalue weighted by Crippen LogP contribution is -2.38. The third kappa shape index (κ3) is 4.59. The maximum Gasteiger partial charge on any atom is 0.337 e. The first kappa shape index (κ1) is 15.0. The van der Waals surface area contributed by atoms with Crippen LogP contribution in [0.15, 0.2) is 18.2 Å². The van der Waals surface area contributed by atoms with Crippen LogP contribution >= 0.6 is 0 Å². The number of aromatic carboxylic acids is 1. The normalized spacial score (nSPS) is 11.7. The number of carbonyl (C=O) groups is 2. The fraction of sp³-hybridized carbons (Fsp3) is 0.385. The minimum Gasteiger partial charge on any atom is -0.478 e. The van der Waals surface area contributed by atoms with Gasteiger partial charge in [0.1, 0.15) is 0 Å². The molecular formula is C13H18N2O4. The number of anilines is 1. The van der Waals surface area contributed by atoms with Crippen molar-refractivity contribution in [1.29, 1.82) is 0 Å². The first-order chi connectivity index (χ1) is 8.93. The molecule has 0 aromatic heterocycles. The zero-order chi connectivity index (χ0) is 14.4. The largest absolute Gasteiger partial charge is 0.478 e. The Labute approximate surface area is 111 Å². The molecule has 1 atom stereocenters. The molecule has 1 aromatic rings. The molecule has 0 heterocycles. The topological polar surface area (TPSA) is 87.7 Å². The summed E-state index contributed by atoms with van der Waals surface area (Å²) in [6.45, 7) is 3.96. The van der Waals surface area contributed by atoms with Crippen molar-refractivity contribution in [3.8, 4) is 0 Å². The highest BCUT2D eigenvalue weighted by Gasteiger charge is 2.13. The third-order valence-corrected chi connectivity index (χ3v) is 2.45. The second-order valence-electron chi connectivity index (χ2n) is 4.31. The van der Waals surface area contributed by atoms with Crippen LogP contribution in [0.5, 0.6) is 0 Å². The first-order valence-electron chi connectivity index (χ1n) is 5.84. The number of nitrogens with one attached hydrogen (secondary N) is 2. The molecular weight excluding hydrogens is 248 g/mol. The molecule has 6 heteroatoms. The van der Waals surface area contributed by atoms with Crippen molar-refractivity contribution in [3.63, 3.8) is 0 Å². The standard InChI is InChI=1S/C13H18N2O4/c1-8-4-5-11(10(6-8)12(16)17)15-13(18)14-9(2)7-19-3/h4-6,9H,7H2,1-3H3,(H,16,17)(H2,14,15,18). The van der Waals surface area contributed by atoms with Gasteiger partial charge in [0.25, 0.3) is 0 Å². The summed E-state index contributed by atoms with van der Waals surface area (Å²) in [6, 6.07) is 4.19. The van der Waals surface area contributed by atoms with Crippen LogP contribution in [0.2, 0.25) is 0 Å². The van der Waals surface area contributed by atoms with Crippen molar-refractivity contribution >= 4 is 17.7 Å². The molecule has 1 rings (SSSR count). The lowest BCUT2D eigenvalue weighted by molar-refractivity contribution is 0.0698. The highest BCUT2D eigenvalue weighted by molar-refractivity contribution is 6.00. The van der Waals surface area contributed by atoms with Gasteiger partial charge in [-0.3, -0.25) is 0 Å². The molecule has 0 saturated heterocycles. The van der Waals surface area contributed by atoms with Gasteiger partial charge in [-0.1, -0.05) is 11.6 Å². The molecule has 2 amide bonds. The fourth-order valence-electron chi connectivity index (χ4n) is 1.62. The number of carbonyl (C=O) groups excluding carboxylic acids is 1. The second kappa shape index (κ2) is 6.75. The van der Waals surface area contributed by atoms with E-state index in [2.05, 4.69) is 10.6 Å². The van der Waals surface area contributed by atoms with Gasteiger partial charge >= 0.3 is 12.0 Å². The number of benzene rings is 1. The molecule has 0 saturated carbocycles. The first-order valence-corrected chi connectivity index (χ1v) is 5.84. The maximum atomic E-state index is 11.7. The van der Waals surface area contributed by atoms with Crippen LogP contribution in [0.3, 0.4) is 0 Å². The Morgan fingerprint density at radius 1 is 1.42 bits per heavy atom. The minimum atomic E-state index is -1.08. The van der Waals surface area contributed by atoms with Gasteiger partial charge in [-0.15, -0.1) is 0 Å². The summed E-state index contributed by atoms with van der Waals surface area (Å²) in [5.74, 6) is -1.08. The summed E-state index contributed by atoms with van der Waals surface area (Å²) >= 11 is 0. The zero-order valence-electron chi connectivity index (χ0n) is 11.2. The Bertz CT molecular complexity index is 474. The molecule has 1 unspecified atom stereocenters. The number of amides is 2. The average Bonchev–Trinajstić information content (AvgIpc) is 2.31. The van der Waals surface area contributed by atoms with Gasteiger partial charge in [0.15, 0.2) is 0 Å². The summed E-state index contributed by atoms with van der Waals surface area (Å²) in [4.78, 5) is 22.8. The highest BCUT2D eigenvalue weighted by Crippen LogP contribution is 2.17. The lowest BCUT2D eigenvalue weighted by Gasteiger charge is -2.14. The average molecular weight is 266 g/mol. The summed E-state index contributed by atoms with van der Waals surface area (Å²) in [5.41, 5.74) is 1.14. The van der Waals surface area contributed by atoms with E-state index in [1.807, 2.05) is 0 Å². The predicted octanol–water partition coefficient (Wildman–Crippen LogP) is 1.85. The van der Waals surface area contributed by atoms with E-state index in [4.69, 9.17) is 9.84 Å². The molecule has 0 aliphatic carbocycles. The Kier molecular flexibility index (Phi) is 5.32. The van der Waals surface area contributed by atoms with E-state index in [0.717, 1.165) is 5.56 Å². The summed E-state index contributed by atoms with van der Waals surface area (Å²) in [7, 11) is 1.54. The second-order valence-corrected chi connectivity index (χ2v) is 4.31. The Hall–Kier alpha value is -2.08. The smallest absolute Gasteiger partial charge is 0.337 e. The molecule has 1 aromatic carbocycles. The van der Waals surface area contributed by atoms with E-state index < -0.39 is 12.0 Å². The lowest BCUT2D eigenvalue weighted by atomic mass is 10.1. The number of methoxy groups -OCH3 is 1. The van der Waals surface area contributed by atoms with Gasteiger partial charge in [0.05, 0.1) is 23.9 Å². The fourth-order valence-corrected chi connectivity index (χ4v) is 1.62. The predicted molar refractivity (Wildman–Crippen MR) is 71.6 cm³/mol. The molecule has 104 valence electrons. The van der Waals surface area contributed by atoms with Crippen LogP contribution in [-0.4, -0.2) is 36.9 Å². The van der Waals surface area contributed by atoms with Gasteiger partial charge in [-0.2, -0.15) is 0 Å². The molecule has 0 fully saturated rings. The number of urea groups is 1. The van der Waals surface area contributed by atoms with E-state index in [0.29, 0.717) is 6.61 Å². The summed E-state index contributed by atoms with van der Waals surface area (Å²) in [6.07, 6.45) is 0. The van der Waals surface area contributed by atoms with Gasteiger partial charge in [-0.25, -0.2) is 9.59 Å². The van der Waals surface area contributed by atoms with Crippen LogP contribution in [0.25, 0.3) is 0 Å². The van der Waals surface area contributed by atoms with Gasteiger partial charge in [0, 0.05) is 7.11 Å².